The molecule has 1 saturated heterocycles. The van der Waals surface area contributed by atoms with Gasteiger partial charge in [-0.1, -0.05) is 18.2 Å². The van der Waals surface area contributed by atoms with Crippen LogP contribution < -0.4 is 15.2 Å². The van der Waals surface area contributed by atoms with E-state index in [1.165, 1.54) is 11.9 Å². The lowest BCUT2D eigenvalue weighted by Gasteiger charge is -2.36. The van der Waals surface area contributed by atoms with Gasteiger partial charge in [0.05, 0.1) is 24.3 Å². The number of anilines is 1. The Morgan fingerprint density at radius 2 is 1.76 bits per heavy atom. The normalized spacial score (nSPS) is 15.0. The molecule has 0 bridgehead atoms. The number of fused-ring (bicyclic) bond motifs is 1. The zero-order valence-electron chi connectivity index (χ0n) is 17.0. The zero-order chi connectivity index (χ0) is 20.1. The van der Waals surface area contributed by atoms with E-state index in [-0.39, 0.29) is 5.56 Å². The molecule has 1 aromatic heterocycles. The van der Waals surface area contributed by atoms with E-state index < -0.39 is 0 Å². The van der Waals surface area contributed by atoms with Gasteiger partial charge in [-0.05, 0) is 43.7 Å². The van der Waals surface area contributed by atoms with Gasteiger partial charge < -0.3 is 14.2 Å². The van der Waals surface area contributed by atoms with E-state index in [1.54, 1.807) is 7.11 Å². The summed E-state index contributed by atoms with van der Waals surface area (Å²) in [6, 6.07) is 16.1. The molecule has 2 aromatic carbocycles. The molecule has 0 amide bonds. The maximum absolute atomic E-state index is 12.2. The van der Waals surface area contributed by atoms with Crippen LogP contribution in [-0.2, 0) is 6.54 Å². The molecule has 1 aliphatic rings. The monoisotopic (exact) mass is 392 g/mol. The third-order valence-electron chi connectivity index (χ3n) is 5.65. The minimum Gasteiger partial charge on any atom is -0.497 e. The second-order valence-electron chi connectivity index (χ2n) is 7.47. The third kappa shape index (κ3) is 4.59. The zero-order valence-corrected chi connectivity index (χ0v) is 17.0. The highest BCUT2D eigenvalue weighted by atomic mass is 16.5. The van der Waals surface area contributed by atoms with Crippen molar-refractivity contribution < 1.29 is 4.74 Å². The van der Waals surface area contributed by atoms with Crippen LogP contribution in [0.5, 0.6) is 5.75 Å². The van der Waals surface area contributed by atoms with E-state index in [1.807, 2.05) is 41.0 Å². The summed E-state index contributed by atoms with van der Waals surface area (Å²) in [5.74, 6) is 0.906. The molecule has 1 fully saturated rings. The van der Waals surface area contributed by atoms with Gasteiger partial charge in [0.1, 0.15) is 5.75 Å². The molecule has 29 heavy (non-hydrogen) atoms. The van der Waals surface area contributed by atoms with E-state index in [4.69, 9.17) is 4.74 Å². The van der Waals surface area contributed by atoms with E-state index in [0.717, 1.165) is 68.9 Å². The van der Waals surface area contributed by atoms with Crippen molar-refractivity contribution in [2.45, 2.75) is 19.4 Å². The van der Waals surface area contributed by atoms with Gasteiger partial charge in [0, 0.05) is 44.5 Å². The highest BCUT2D eigenvalue weighted by Crippen LogP contribution is 2.22. The largest absolute Gasteiger partial charge is 0.497 e. The Morgan fingerprint density at radius 3 is 2.59 bits per heavy atom. The molecule has 0 unspecified atom stereocenters. The fourth-order valence-electron chi connectivity index (χ4n) is 3.99. The van der Waals surface area contributed by atoms with Crippen LogP contribution in [0.3, 0.4) is 0 Å². The van der Waals surface area contributed by atoms with Crippen molar-refractivity contribution in [2.75, 3.05) is 44.7 Å². The van der Waals surface area contributed by atoms with Crippen LogP contribution in [0.1, 0.15) is 12.8 Å². The number of unbranched alkanes of at least 4 members (excludes halogenated alkanes) is 1. The number of hydrogen-bond acceptors (Lipinski definition) is 5. The molecule has 2 heterocycles. The van der Waals surface area contributed by atoms with Crippen molar-refractivity contribution >= 4 is 16.7 Å². The number of hydrogen-bond donors (Lipinski definition) is 0. The molecule has 0 N–H and O–H groups in total. The van der Waals surface area contributed by atoms with Gasteiger partial charge >= 0.3 is 0 Å². The summed E-state index contributed by atoms with van der Waals surface area (Å²) in [6.07, 6.45) is 3.51. The Morgan fingerprint density at radius 1 is 0.966 bits per heavy atom. The molecule has 0 aliphatic carbocycles. The summed E-state index contributed by atoms with van der Waals surface area (Å²) >= 11 is 0. The summed E-state index contributed by atoms with van der Waals surface area (Å²) < 4.78 is 7.19. The quantitative estimate of drug-likeness (QED) is 0.579. The number of ether oxygens (including phenoxy) is 1. The molecular weight excluding hydrogens is 364 g/mol. The second kappa shape index (κ2) is 9.09. The number of aryl methyl sites for hydroxylation is 1. The summed E-state index contributed by atoms with van der Waals surface area (Å²) in [5, 5.41) is 0. The van der Waals surface area contributed by atoms with Crippen LogP contribution in [0.4, 0.5) is 5.69 Å². The second-order valence-corrected chi connectivity index (χ2v) is 7.47. The van der Waals surface area contributed by atoms with Crippen LogP contribution in [0.15, 0.2) is 59.5 Å². The molecule has 1 aliphatic heterocycles. The molecular formula is C23H28N4O2. The molecule has 0 radical (unpaired) electrons. The highest BCUT2D eigenvalue weighted by molar-refractivity contribution is 5.74. The number of nitrogens with zero attached hydrogens (tertiary/aromatic N) is 4. The van der Waals surface area contributed by atoms with Crippen LogP contribution in [0.25, 0.3) is 11.0 Å². The lowest BCUT2D eigenvalue weighted by Crippen LogP contribution is -2.46. The first-order chi connectivity index (χ1) is 14.2. The molecule has 0 atom stereocenters. The Labute approximate surface area is 171 Å². The fourth-order valence-corrected chi connectivity index (χ4v) is 3.99. The summed E-state index contributed by atoms with van der Waals surface area (Å²) in [4.78, 5) is 21.4. The summed E-state index contributed by atoms with van der Waals surface area (Å²) in [5.41, 5.74) is 3.01. The number of piperazine rings is 1. The standard InChI is InChI=1S/C23H28N4O2/c1-29-20-8-6-7-19(17-20)26-15-13-25(14-16-26)11-4-5-12-27-22-10-3-2-9-21(22)24-18-23(27)28/h2-3,6-10,17-18H,4-5,11-16H2,1H3. The van der Waals surface area contributed by atoms with Crippen molar-refractivity contribution in [3.05, 3.63) is 65.1 Å². The van der Waals surface area contributed by atoms with Crippen LogP contribution >= 0.6 is 0 Å². The van der Waals surface area contributed by atoms with Crippen LogP contribution in [0, 0.1) is 0 Å². The van der Waals surface area contributed by atoms with Gasteiger partial charge in [0.15, 0.2) is 0 Å². The molecule has 6 heteroatoms. The van der Waals surface area contributed by atoms with Crippen molar-refractivity contribution in [1.29, 1.82) is 0 Å². The Kier molecular flexibility index (Phi) is 6.10. The molecule has 0 saturated carbocycles. The third-order valence-corrected chi connectivity index (χ3v) is 5.65. The number of para-hydroxylation sites is 2. The number of rotatable bonds is 7. The maximum Gasteiger partial charge on any atom is 0.269 e. The van der Waals surface area contributed by atoms with Gasteiger partial charge in [0.25, 0.3) is 5.56 Å². The van der Waals surface area contributed by atoms with Crippen molar-refractivity contribution in [1.82, 2.24) is 14.5 Å². The van der Waals surface area contributed by atoms with E-state index in [9.17, 15) is 4.79 Å². The molecule has 4 rings (SSSR count). The van der Waals surface area contributed by atoms with Gasteiger partial charge in [-0.15, -0.1) is 0 Å². The maximum atomic E-state index is 12.2. The van der Waals surface area contributed by atoms with E-state index >= 15 is 0 Å². The number of methoxy groups -OCH3 is 1. The van der Waals surface area contributed by atoms with Gasteiger partial charge in [-0.3, -0.25) is 9.69 Å². The lowest BCUT2D eigenvalue weighted by molar-refractivity contribution is 0.251. The highest BCUT2D eigenvalue weighted by Gasteiger charge is 2.17. The summed E-state index contributed by atoms with van der Waals surface area (Å²) in [6.45, 7) is 6.00. The summed E-state index contributed by atoms with van der Waals surface area (Å²) in [7, 11) is 1.71. The molecule has 3 aromatic rings. The van der Waals surface area contributed by atoms with Crippen LogP contribution in [-0.4, -0.2) is 54.3 Å². The van der Waals surface area contributed by atoms with Crippen molar-refractivity contribution in [2.24, 2.45) is 0 Å². The van der Waals surface area contributed by atoms with Gasteiger partial charge in [0.2, 0.25) is 0 Å². The van der Waals surface area contributed by atoms with Gasteiger partial charge in [-0.25, -0.2) is 4.98 Å². The molecule has 6 nitrogen and oxygen atoms in total. The first-order valence-electron chi connectivity index (χ1n) is 10.3. The molecule has 0 spiro atoms. The predicted octanol–water partition coefficient (Wildman–Crippen LogP) is 3.01. The minimum absolute atomic E-state index is 0.0180. The van der Waals surface area contributed by atoms with E-state index in [2.05, 4.69) is 26.9 Å². The number of aromatic nitrogens is 2. The topological polar surface area (TPSA) is 50.6 Å². The van der Waals surface area contributed by atoms with Crippen molar-refractivity contribution in [3.8, 4) is 5.75 Å². The lowest BCUT2D eigenvalue weighted by atomic mass is 10.2. The predicted molar refractivity (Wildman–Crippen MR) is 117 cm³/mol. The smallest absolute Gasteiger partial charge is 0.269 e. The van der Waals surface area contributed by atoms with Crippen molar-refractivity contribution in [3.63, 3.8) is 0 Å². The molecule has 152 valence electrons. The van der Waals surface area contributed by atoms with Crippen LogP contribution in [0.2, 0.25) is 0 Å². The Bertz CT molecular complexity index is 1010. The van der Waals surface area contributed by atoms with E-state index in [0.29, 0.717) is 0 Å². The SMILES string of the molecule is COc1cccc(N2CCN(CCCCn3c(=O)cnc4ccccc43)CC2)c1. The first-order valence-corrected chi connectivity index (χ1v) is 10.3. The Balaban J connectivity index is 1.25. The average Bonchev–Trinajstić information content (AvgIpc) is 2.78. The number of benzene rings is 2. The first kappa shape index (κ1) is 19.5. The minimum atomic E-state index is -0.0180. The Hall–Kier alpha value is -2.86. The fraction of sp³-hybridized carbons (Fsp3) is 0.391. The average molecular weight is 393 g/mol. The van der Waals surface area contributed by atoms with Gasteiger partial charge in [-0.2, -0.15) is 0 Å².